The Kier molecular flexibility index (Phi) is 8.71. The normalized spacial score (nSPS) is 8.84. The average Bonchev–Trinajstić information content (AvgIpc) is 2.14. The van der Waals surface area contributed by atoms with Crippen LogP contribution in [0.1, 0.15) is 0 Å². The maximum Gasteiger partial charge on any atom is 0.394 e. The summed E-state index contributed by atoms with van der Waals surface area (Å²) in [5.41, 5.74) is -4.04. The summed E-state index contributed by atoms with van der Waals surface area (Å²) in [7, 11) is 0. The van der Waals surface area contributed by atoms with Gasteiger partial charge in [-0.05, 0) is 0 Å². The first-order chi connectivity index (χ1) is 7.77. The van der Waals surface area contributed by atoms with Gasteiger partial charge in [-0.3, -0.25) is 30.3 Å². The first kappa shape index (κ1) is 20.8. The minimum atomic E-state index is -1.56. The molecule has 0 spiro atoms. The molecule has 6 radical (unpaired) electrons. The van der Waals surface area contributed by atoms with Crippen molar-refractivity contribution < 1.29 is 25.0 Å². The summed E-state index contributed by atoms with van der Waals surface area (Å²) >= 11 is 0. The number of nitro groups is 3. The second-order valence-electron chi connectivity index (χ2n) is 2.73. The van der Waals surface area contributed by atoms with E-state index in [1.807, 2.05) is 0 Å². The van der Waals surface area contributed by atoms with Crippen molar-refractivity contribution in [3.63, 3.8) is 0 Å². The molecule has 0 aliphatic carbocycles. The van der Waals surface area contributed by atoms with Gasteiger partial charge in [0.2, 0.25) is 5.75 Å². The molecule has 0 fully saturated rings. The van der Waals surface area contributed by atoms with Crippen LogP contribution in [0.25, 0.3) is 0 Å². The summed E-state index contributed by atoms with van der Waals surface area (Å²) in [6.07, 6.45) is 0. The molecule has 2 N–H and O–H groups in total. The standard InChI is InChI=1S/C6H3N3O8.Ba.Pb/c10-3-1-2(7(12)13)4(8(14)15)6(11)5(3)9(16)17;;/h1,10-11H;;. The third-order valence-electron chi connectivity index (χ3n) is 1.77. The number of hydrogen-bond donors (Lipinski definition) is 2. The van der Waals surface area contributed by atoms with Crippen LogP contribution in [0.3, 0.4) is 0 Å². The van der Waals surface area contributed by atoms with Crippen LogP contribution in [-0.2, 0) is 0 Å². The van der Waals surface area contributed by atoms with Crippen molar-refractivity contribution in [2.24, 2.45) is 0 Å². The van der Waals surface area contributed by atoms with E-state index >= 15 is 0 Å². The van der Waals surface area contributed by atoms with Gasteiger partial charge in [0, 0.05) is 76.2 Å². The van der Waals surface area contributed by atoms with Gasteiger partial charge >= 0.3 is 17.1 Å². The van der Waals surface area contributed by atoms with Crippen molar-refractivity contribution in [1.29, 1.82) is 0 Å². The molecule has 0 saturated heterocycles. The third kappa shape index (κ3) is 4.24. The molecule has 0 amide bonds. The van der Waals surface area contributed by atoms with Gasteiger partial charge in [0.1, 0.15) is 0 Å². The molecule has 19 heavy (non-hydrogen) atoms. The summed E-state index contributed by atoms with van der Waals surface area (Å²) in [5, 5.41) is 49.5. The second-order valence-corrected chi connectivity index (χ2v) is 2.73. The van der Waals surface area contributed by atoms with Gasteiger partial charge in [0.05, 0.1) is 20.8 Å². The number of aromatic hydroxyl groups is 2. The van der Waals surface area contributed by atoms with Crippen LogP contribution in [0.5, 0.6) is 11.5 Å². The third-order valence-corrected chi connectivity index (χ3v) is 1.77. The molecule has 1 aromatic carbocycles. The molecular formula is C6H3BaN3O8Pb. The zero-order chi connectivity index (χ0) is 13.3. The molecule has 1 rings (SSSR count). The van der Waals surface area contributed by atoms with Gasteiger partial charge in [0.15, 0.2) is 0 Å². The molecule has 0 bridgehead atoms. The summed E-state index contributed by atoms with van der Waals surface area (Å²) in [5.74, 6) is -2.79. The van der Waals surface area contributed by atoms with E-state index in [0.717, 1.165) is 0 Å². The summed E-state index contributed by atoms with van der Waals surface area (Å²) in [6.45, 7) is 0. The zero-order valence-electron chi connectivity index (χ0n) is 8.97. The SMILES string of the molecule is O=[N+]([O-])c1cc(O)c([N+](=O)[O-])c(O)c1[N+](=O)[O-].[Ba].[Pb]. The topological polar surface area (TPSA) is 170 Å². The molecule has 0 saturated carbocycles. The van der Waals surface area contributed by atoms with Crippen molar-refractivity contribution in [2.45, 2.75) is 0 Å². The molecule has 96 valence electrons. The number of hydrogen-bond acceptors (Lipinski definition) is 8. The van der Waals surface area contributed by atoms with Crippen molar-refractivity contribution in [3.8, 4) is 11.5 Å². The quantitative estimate of drug-likeness (QED) is 0.283. The van der Waals surface area contributed by atoms with Crippen LogP contribution in [0, 0.1) is 30.3 Å². The maximum absolute atomic E-state index is 10.5. The van der Waals surface area contributed by atoms with Gasteiger partial charge in [-0.15, -0.1) is 0 Å². The van der Waals surface area contributed by atoms with Crippen LogP contribution in [0.15, 0.2) is 6.07 Å². The van der Waals surface area contributed by atoms with Gasteiger partial charge < -0.3 is 10.2 Å². The first-order valence-electron chi connectivity index (χ1n) is 3.79. The number of nitro benzene ring substituents is 3. The summed E-state index contributed by atoms with van der Waals surface area (Å²) in [6, 6.07) is 0.232. The Morgan fingerprint density at radius 1 is 0.895 bits per heavy atom. The van der Waals surface area contributed by atoms with Gasteiger partial charge in [-0.1, -0.05) is 0 Å². The Bertz CT molecular complexity index is 550. The number of rotatable bonds is 3. The molecule has 11 nitrogen and oxygen atoms in total. The zero-order valence-corrected chi connectivity index (χ0v) is 17.3. The predicted molar refractivity (Wildman–Crippen MR) is 61.2 cm³/mol. The van der Waals surface area contributed by atoms with E-state index < -0.39 is 43.3 Å². The minimum Gasteiger partial charge on any atom is -0.502 e. The van der Waals surface area contributed by atoms with Gasteiger partial charge in [-0.25, -0.2) is 0 Å². The molecule has 0 unspecified atom stereocenters. The summed E-state index contributed by atoms with van der Waals surface area (Å²) in [4.78, 5) is 27.4. The molecule has 0 aliphatic heterocycles. The average molecular weight is 590 g/mol. The van der Waals surface area contributed by atoms with E-state index in [-0.39, 0.29) is 82.2 Å². The van der Waals surface area contributed by atoms with Gasteiger partial charge in [-0.2, -0.15) is 0 Å². The Morgan fingerprint density at radius 2 is 1.32 bits per heavy atom. The fourth-order valence-corrected chi connectivity index (χ4v) is 1.12. The molecule has 0 heterocycles. The van der Waals surface area contributed by atoms with E-state index in [1.54, 1.807) is 0 Å². The van der Waals surface area contributed by atoms with Crippen LogP contribution in [0.2, 0.25) is 0 Å². The Hall–Kier alpha value is -0.486. The molecular weight excluding hydrogens is 587 g/mol. The Labute approximate surface area is 164 Å². The molecule has 0 aliphatic rings. The fraction of sp³-hybridized carbons (Fsp3) is 0. The monoisotopic (exact) mass is 591 g/mol. The smallest absolute Gasteiger partial charge is 0.394 e. The number of phenolic OH excluding ortho intramolecular Hbond substituents is 2. The van der Waals surface area contributed by atoms with E-state index in [9.17, 15) is 35.4 Å². The first-order valence-corrected chi connectivity index (χ1v) is 3.79. The van der Waals surface area contributed by atoms with Gasteiger partial charge in [0.25, 0.3) is 5.75 Å². The van der Waals surface area contributed by atoms with Crippen molar-refractivity contribution in [2.75, 3.05) is 0 Å². The molecule has 0 aromatic heterocycles. The molecule has 1 aromatic rings. The Morgan fingerprint density at radius 3 is 1.63 bits per heavy atom. The van der Waals surface area contributed by atoms with E-state index in [0.29, 0.717) is 0 Å². The largest absolute Gasteiger partial charge is 0.502 e. The minimum absolute atomic E-state index is 0. The molecule has 0 atom stereocenters. The van der Waals surface area contributed by atoms with Crippen LogP contribution in [-0.4, -0.2) is 101 Å². The number of phenols is 2. The number of benzene rings is 1. The number of nitrogens with zero attached hydrogens (tertiary/aromatic N) is 3. The Balaban J connectivity index is 0. The van der Waals surface area contributed by atoms with Crippen molar-refractivity contribution >= 4 is 93.2 Å². The predicted octanol–water partition coefficient (Wildman–Crippen LogP) is 0.0608. The molecule has 13 heteroatoms. The van der Waals surface area contributed by atoms with Crippen LogP contribution < -0.4 is 0 Å². The van der Waals surface area contributed by atoms with E-state index in [1.165, 1.54) is 0 Å². The van der Waals surface area contributed by atoms with Crippen molar-refractivity contribution in [1.82, 2.24) is 0 Å². The van der Waals surface area contributed by atoms with Crippen molar-refractivity contribution in [3.05, 3.63) is 36.4 Å². The van der Waals surface area contributed by atoms with Crippen LogP contribution in [0.4, 0.5) is 17.1 Å². The van der Waals surface area contributed by atoms with E-state index in [4.69, 9.17) is 5.11 Å². The summed E-state index contributed by atoms with van der Waals surface area (Å²) < 4.78 is 0. The second kappa shape index (κ2) is 7.95. The fourth-order valence-electron chi connectivity index (χ4n) is 1.12. The maximum atomic E-state index is 10.5. The van der Waals surface area contributed by atoms with E-state index in [2.05, 4.69) is 0 Å². The van der Waals surface area contributed by atoms with Crippen LogP contribution >= 0.6 is 0 Å².